The van der Waals surface area contributed by atoms with E-state index in [1.165, 1.54) is 12.4 Å². The van der Waals surface area contributed by atoms with Crippen molar-refractivity contribution in [2.24, 2.45) is 11.5 Å². The van der Waals surface area contributed by atoms with E-state index in [1.807, 2.05) is 0 Å². The van der Waals surface area contributed by atoms with Gasteiger partial charge in [-0.2, -0.15) is 0 Å². The van der Waals surface area contributed by atoms with Crippen LogP contribution in [0.2, 0.25) is 0 Å². The molecule has 21 N–H and O–H groups in total. The molecule has 12 atom stereocenters. The first-order valence-electron chi connectivity index (χ1n) is 26.8. The average Bonchev–Trinajstić information content (AvgIpc) is 4.10. The number of carboxylic acids is 2. The Labute approximate surface area is 483 Å². The SMILES string of the molecule is C[C@@H](O)[C@H](NC(=O)[C@@H](NC(=O)[C@@H](N)CC(N)=O)[C@@H](C)O)C(=O)N[C@@H](Cc1c[nH]c2ccccc12)C(=O)N[C@@H](CO)C(=O)N[C@@H](CCC(=O)O)C(=O)N[C@@H](Cc1c[nH]c2ccccc12)C(=O)N[C@@H](CO)C(=O)N1CCC[C@H]1C(=O)N[C@@H](CO)C(=O)O. The maximum absolute atomic E-state index is 14.4. The lowest BCUT2D eigenvalue weighted by atomic mass is 10.0. The Morgan fingerprint density at radius 3 is 1.49 bits per heavy atom. The van der Waals surface area contributed by atoms with Crippen LogP contribution in [0.5, 0.6) is 0 Å². The summed E-state index contributed by atoms with van der Waals surface area (Å²) in [4.78, 5) is 166. The van der Waals surface area contributed by atoms with Crippen molar-refractivity contribution in [3.63, 3.8) is 0 Å². The normalized spacial score (nSPS) is 17.0. The van der Waals surface area contributed by atoms with E-state index in [2.05, 4.69) is 52.5 Å². The topological polar surface area (TPSA) is 530 Å². The number of aliphatic carboxylic acids is 2. The molecule has 1 fully saturated rings. The van der Waals surface area contributed by atoms with E-state index in [1.54, 1.807) is 48.5 Å². The molecule has 0 bridgehead atoms. The van der Waals surface area contributed by atoms with Crippen molar-refractivity contribution < 1.29 is 93.3 Å². The number of H-pyrrole nitrogens is 2. The second-order valence-electron chi connectivity index (χ2n) is 20.2. The number of aromatic amines is 2. The van der Waals surface area contributed by atoms with Gasteiger partial charge in [0.25, 0.3) is 0 Å². The van der Waals surface area contributed by atoms with E-state index in [0.29, 0.717) is 32.9 Å². The lowest BCUT2D eigenvalue weighted by Gasteiger charge is -2.30. The number of primary amides is 1. The molecule has 32 heteroatoms. The van der Waals surface area contributed by atoms with Gasteiger partial charge in [0.1, 0.15) is 54.4 Å². The molecule has 4 aromatic rings. The van der Waals surface area contributed by atoms with Crippen LogP contribution < -0.4 is 54.0 Å². The molecule has 0 radical (unpaired) electrons. The van der Waals surface area contributed by atoms with E-state index in [4.69, 9.17) is 11.5 Å². The van der Waals surface area contributed by atoms with Gasteiger partial charge in [-0.25, -0.2) is 4.79 Å². The minimum atomic E-state index is -1.98. The number of nitrogens with two attached hydrogens (primary N) is 2. The Bertz CT molecular complexity index is 3090. The smallest absolute Gasteiger partial charge is 0.328 e. The van der Waals surface area contributed by atoms with Crippen LogP contribution >= 0.6 is 0 Å². The summed E-state index contributed by atoms with van der Waals surface area (Å²) in [6, 6.07) is -3.69. The summed E-state index contributed by atoms with van der Waals surface area (Å²) in [5.41, 5.74) is 12.8. The number of aliphatic hydroxyl groups is 5. The molecule has 1 aliphatic rings. The largest absolute Gasteiger partial charge is 0.481 e. The van der Waals surface area contributed by atoms with Crippen molar-refractivity contribution in [1.29, 1.82) is 0 Å². The first kappa shape index (κ1) is 66.7. The van der Waals surface area contributed by atoms with Gasteiger partial charge in [0.15, 0.2) is 0 Å². The first-order valence-corrected chi connectivity index (χ1v) is 26.8. The Balaban J connectivity index is 1.39. The average molecular weight is 1190 g/mol. The maximum Gasteiger partial charge on any atom is 0.328 e. The van der Waals surface area contributed by atoms with Crippen LogP contribution in [0, 0.1) is 0 Å². The van der Waals surface area contributed by atoms with Gasteiger partial charge in [-0.3, -0.25) is 52.7 Å². The van der Waals surface area contributed by atoms with Gasteiger partial charge in [0.2, 0.25) is 59.1 Å². The summed E-state index contributed by atoms with van der Waals surface area (Å²) in [6.07, 6.45) is -2.85. The van der Waals surface area contributed by atoms with Crippen LogP contribution in [0.25, 0.3) is 21.8 Å². The summed E-state index contributed by atoms with van der Waals surface area (Å²) in [5, 5.41) is 90.2. The van der Waals surface area contributed by atoms with Crippen LogP contribution in [0.15, 0.2) is 60.9 Å². The second kappa shape index (κ2) is 31.0. The minimum Gasteiger partial charge on any atom is -0.481 e. The summed E-state index contributed by atoms with van der Waals surface area (Å²) in [5.74, 6) is -14.2. The van der Waals surface area contributed by atoms with Gasteiger partial charge >= 0.3 is 11.9 Å². The van der Waals surface area contributed by atoms with E-state index >= 15 is 0 Å². The van der Waals surface area contributed by atoms with Crippen LogP contribution in [0.4, 0.5) is 0 Å². The Morgan fingerprint density at radius 1 is 0.576 bits per heavy atom. The number of fused-ring (bicyclic) bond motifs is 2. The van der Waals surface area contributed by atoms with Crippen LogP contribution in [-0.4, -0.2) is 221 Å². The predicted molar refractivity (Wildman–Crippen MR) is 295 cm³/mol. The van der Waals surface area contributed by atoms with Gasteiger partial charge < -0.3 is 105 Å². The lowest BCUT2D eigenvalue weighted by molar-refractivity contribution is -0.146. The first-order chi connectivity index (χ1) is 40.3. The molecule has 2 aromatic heterocycles. The van der Waals surface area contributed by atoms with E-state index < -0.39 is 183 Å². The molecule has 10 amide bonds. The summed E-state index contributed by atoms with van der Waals surface area (Å²) in [7, 11) is 0. The molecular formula is C53H71N13O19. The number of aromatic nitrogens is 2. The number of carboxylic acid groups (broad SMARTS) is 2. The number of benzene rings is 2. The van der Waals surface area contributed by atoms with Crippen molar-refractivity contribution >= 4 is 92.8 Å². The van der Waals surface area contributed by atoms with Gasteiger partial charge in [-0.15, -0.1) is 0 Å². The molecule has 5 rings (SSSR count). The molecule has 2 aromatic carbocycles. The fourth-order valence-corrected chi connectivity index (χ4v) is 9.31. The summed E-state index contributed by atoms with van der Waals surface area (Å²) in [6.45, 7) is -1.08. The van der Waals surface area contributed by atoms with Crippen molar-refractivity contribution in [1.82, 2.24) is 57.4 Å². The minimum absolute atomic E-state index is 0.0513. The zero-order chi connectivity index (χ0) is 62.8. The van der Waals surface area contributed by atoms with Gasteiger partial charge in [0.05, 0.1) is 44.5 Å². The fraction of sp³-hybridized carbons (Fsp3) is 0.472. The van der Waals surface area contributed by atoms with Crippen LogP contribution in [0.3, 0.4) is 0 Å². The number of carbonyl (C=O) groups is 12. The number of aliphatic hydroxyl groups excluding tert-OH is 5. The number of para-hydroxylation sites is 2. The number of amides is 10. The summed E-state index contributed by atoms with van der Waals surface area (Å²) >= 11 is 0. The molecule has 462 valence electrons. The van der Waals surface area contributed by atoms with Crippen molar-refractivity contribution in [3.8, 4) is 0 Å². The highest BCUT2D eigenvalue weighted by atomic mass is 16.4. The molecular weight excluding hydrogens is 1120 g/mol. The molecule has 1 aliphatic heterocycles. The number of hydrogen-bond donors (Lipinski definition) is 19. The maximum atomic E-state index is 14.4. The number of hydrogen-bond acceptors (Lipinski definition) is 18. The Hall–Kier alpha value is -9.08. The van der Waals surface area contributed by atoms with Crippen molar-refractivity contribution in [2.75, 3.05) is 26.4 Å². The number of likely N-dealkylation sites (tertiary alicyclic amines) is 1. The van der Waals surface area contributed by atoms with Crippen molar-refractivity contribution in [2.45, 2.75) is 131 Å². The quantitative estimate of drug-likeness (QED) is 0.0216. The number of rotatable bonds is 32. The fourth-order valence-electron chi connectivity index (χ4n) is 9.31. The molecule has 0 unspecified atom stereocenters. The number of nitrogens with one attached hydrogen (secondary N) is 10. The number of carbonyl (C=O) groups excluding carboxylic acids is 10. The van der Waals surface area contributed by atoms with Gasteiger partial charge in [-0.1, -0.05) is 36.4 Å². The van der Waals surface area contributed by atoms with E-state index in [0.717, 1.165) is 18.7 Å². The molecule has 85 heavy (non-hydrogen) atoms. The third-order valence-corrected chi connectivity index (χ3v) is 13.9. The Kier molecular flexibility index (Phi) is 24.3. The number of nitrogens with zero attached hydrogens (tertiary/aromatic N) is 1. The monoisotopic (exact) mass is 1190 g/mol. The van der Waals surface area contributed by atoms with Crippen LogP contribution in [0.1, 0.15) is 57.1 Å². The molecule has 32 nitrogen and oxygen atoms in total. The third kappa shape index (κ3) is 18.2. The molecule has 0 saturated carbocycles. The molecule has 0 spiro atoms. The molecule has 1 saturated heterocycles. The van der Waals surface area contributed by atoms with Gasteiger partial charge in [0, 0.05) is 60.0 Å². The Morgan fingerprint density at radius 2 is 1.01 bits per heavy atom. The second-order valence-corrected chi connectivity index (χ2v) is 20.2. The zero-order valence-electron chi connectivity index (χ0n) is 46.1. The molecule has 3 heterocycles. The zero-order valence-corrected chi connectivity index (χ0v) is 46.1. The highest BCUT2D eigenvalue weighted by Gasteiger charge is 2.41. The van der Waals surface area contributed by atoms with Crippen LogP contribution in [-0.2, 0) is 70.4 Å². The van der Waals surface area contributed by atoms with Gasteiger partial charge in [-0.05, 0) is 56.4 Å². The van der Waals surface area contributed by atoms with E-state index in [-0.39, 0.29) is 32.2 Å². The van der Waals surface area contributed by atoms with E-state index in [9.17, 15) is 93.3 Å². The standard InChI is InChI=1S/C53H71N13O19/c1-24(70)42(65-51(82)43(25(2)71)64-44(75)30(54)18-40(55)72)50(81)60-35(17-27-20-57-32-11-6-4-9-29(27)32)46(77)61-36(21-67)48(79)58-33(13-14-41(73)74)45(76)59-34(16-26-19-56-31-10-5-3-8-28(26)31)47(78)62-37(22-68)52(83)66-15-7-12-39(66)49(80)63-38(23-69)53(84)85/h3-6,8-11,19-20,24-25,30,33-39,42-43,56-57,67-71H,7,12-18,21-23,54H2,1-2H3,(H2,55,72)(H,58,79)(H,59,76)(H,60,81)(H,61,77)(H,62,78)(H,63,80)(H,64,75)(H,65,82)(H,73,74)(H,84,85)/t24-,25-,30+,33+,34+,35+,36+,37+,38+,39+,42+,43+/m1/s1. The highest BCUT2D eigenvalue weighted by molar-refractivity contribution is 6.00. The lowest BCUT2D eigenvalue weighted by Crippen LogP contribution is -2.63. The summed E-state index contributed by atoms with van der Waals surface area (Å²) < 4.78 is 0. The van der Waals surface area contributed by atoms with Crippen molar-refractivity contribution in [3.05, 3.63) is 72.1 Å². The highest BCUT2D eigenvalue weighted by Crippen LogP contribution is 2.23. The molecule has 0 aliphatic carbocycles. The predicted octanol–water partition coefficient (Wildman–Crippen LogP) is -6.81. The third-order valence-electron chi connectivity index (χ3n) is 13.9.